The van der Waals surface area contributed by atoms with Crippen molar-refractivity contribution in [1.82, 2.24) is 0 Å². The van der Waals surface area contributed by atoms with Crippen LogP contribution in [0.5, 0.6) is 5.75 Å². The Morgan fingerprint density at radius 3 is 2.65 bits per heavy atom. The highest BCUT2D eigenvalue weighted by molar-refractivity contribution is 5.88. The van der Waals surface area contributed by atoms with Gasteiger partial charge in [0.25, 0.3) is 0 Å². The summed E-state index contributed by atoms with van der Waals surface area (Å²) in [5.41, 5.74) is 1.20. The van der Waals surface area contributed by atoms with E-state index in [0.29, 0.717) is 12.4 Å². The van der Waals surface area contributed by atoms with Gasteiger partial charge in [-0.05, 0) is 37.5 Å². The van der Waals surface area contributed by atoms with Crippen LogP contribution in [-0.2, 0) is 4.74 Å². The van der Waals surface area contributed by atoms with Crippen molar-refractivity contribution in [2.45, 2.75) is 19.8 Å². The zero-order valence-corrected chi connectivity index (χ0v) is 10.2. The number of benzene rings is 1. The van der Waals surface area contributed by atoms with Crippen LogP contribution in [0.3, 0.4) is 0 Å². The fraction of sp³-hybridized carbons (Fsp3) is 0.462. The van der Waals surface area contributed by atoms with Crippen LogP contribution in [-0.4, -0.2) is 31.4 Å². The van der Waals surface area contributed by atoms with Crippen LogP contribution in [0.4, 0.5) is 0 Å². The predicted molar refractivity (Wildman–Crippen MR) is 64.7 cm³/mol. The number of rotatable bonds is 7. The lowest BCUT2D eigenvalue weighted by Gasteiger charge is -2.09. The Hall–Kier alpha value is -1.55. The number of hydrogen-bond donors (Lipinski definition) is 1. The normalized spacial score (nSPS) is 10.2. The predicted octanol–water partition coefficient (Wildman–Crippen LogP) is 2.50. The minimum absolute atomic E-state index is 0.252. The number of carbonyl (C=O) groups is 1. The van der Waals surface area contributed by atoms with E-state index in [4.69, 9.17) is 14.6 Å². The molecule has 0 aliphatic carbocycles. The van der Waals surface area contributed by atoms with Crippen LogP contribution in [0.1, 0.15) is 28.8 Å². The minimum atomic E-state index is -0.936. The van der Waals surface area contributed by atoms with E-state index in [1.807, 2.05) is 6.92 Å². The molecular weight excluding hydrogens is 220 g/mol. The second-order valence-electron chi connectivity index (χ2n) is 3.83. The molecule has 4 nitrogen and oxygen atoms in total. The molecule has 0 amide bonds. The van der Waals surface area contributed by atoms with Gasteiger partial charge in [0.1, 0.15) is 5.75 Å². The first-order valence-corrected chi connectivity index (χ1v) is 5.61. The van der Waals surface area contributed by atoms with E-state index in [9.17, 15) is 4.79 Å². The molecule has 17 heavy (non-hydrogen) atoms. The number of methoxy groups -OCH3 is 1. The SMILES string of the molecule is COCCCCOc1cc(C(=O)O)ccc1C. The number of carboxylic acids is 1. The lowest BCUT2D eigenvalue weighted by atomic mass is 10.1. The van der Waals surface area contributed by atoms with Gasteiger partial charge in [-0.15, -0.1) is 0 Å². The number of unbranched alkanes of at least 4 members (excludes halogenated alkanes) is 1. The highest BCUT2D eigenvalue weighted by atomic mass is 16.5. The highest BCUT2D eigenvalue weighted by Gasteiger charge is 2.06. The quantitative estimate of drug-likeness (QED) is 0.741. The van der Waals surface area contributed by atoms with Crippen LogP contribution in [0, 0.1) is 6.92 Å². The second-order valence-corrected chi connectivity index (χ2v) is 3.83. The average molecular weight is 238 g/mol. The fourth-order valence-corrected chi connectivity index (χ4v) is 1.42. The summed E-state index contributed by atoms with van der Waals surface area (Å²) in [7, 11) is 1.67. The van der Waals surface area contributed by atoms with Gasteiger partial charge in [0.15, 0.2) is 0 Å². The van der Waals surface area contributed by atoms with Crippen LogP contribution in [0.15, 0.2) is 18.2 Å². The Morgan fingerprint density at radius 2 is 2.00 bits per heavy atom. The van der Waals surface area contributed by atoms with Crippen molar-refractivity contribution in [3.63, 3.8) is 0 Å². The first-order valence-electron chi connectivity index (χ1n) is 5.61. The van der Waals surface area contributed by atoms with E-state index in [2.05, 4.69) is 0 Å². The molecule has 4 heteroatoms. The second kappa shape index (κ2) is 6.91. The Bertz CT molecular complexity index is 374. The maximum atomic E-state index is 10.8. The first kappa shape index (κ1) is 13.5. The monoisotopic (exact) mass is 238 g/mol. The van der Waals surface area contributed by atoms with Gasteiger partial charge in [-0.1, -0.05) is 6.07 Å². The summed E-state index contributed by atoms with van der Waals surface area (Å²) in [6, 6.07) is 4.90. The molecule has 0 fully saturated rings. The Kier molecular flexibility index (Phi) is 5.49. The standard InChI is InChI=1S/C13H18O4/c1-10-5-6-11(13(14)15)9-12(10)17-8-4-3-7-16-2/h5-6,9H,3-4,7-8H2,1-2H3,(H,14,15). The van der Waals surface area contributed by atoms with Crippen molar-refractivity contribution < 1.29 is 19.4 Å². The largest absolute Gasteiger partial charge is 0.493 e. The summed E-state index contributed by atoms with van der Waals surface area (Å²) in [5, 5.41) is 8.87. The van der Waals surface area contributed by atoms with Crippen LogP contribution in [0.2, 0.25) is 0 Å². The van der Waals surface area contributed by atoms with Gasteiger partial charge >= 0.3 is 5.97 Å². The average Bonchev–Trinajstić information content (AvgIpc) is 2.30. The molecule has 0 saturated carbocycles. The third-order valence-electron chi connectivity index (χ3n) is 2.44. The molecule has 0 spiro atoms. The molecule has 0 aromatic heterocycles. The maximum absolute atomic E-state index is 10.8. The van der Waals surface area contributed by atoms with Crippen molar-refractivity contribution in [1.29, 1.82) is 0 Å². The number of hydrogen-bond acceptors (Lipinski definition) is 3. The molecule has 0 aliphatic heterocycles. The number of aromatic carboxylic acids is 1. The minimum Gasteiger partial charge on any atom is -0.493 e. The molecule has 94 valence electrons. The third kappa shape index (κ3) is 4.44. The van der Waals surface area contributed by atoms with Crippen molar-refractivity contribution >= 4 is 5.97 Å². The van der Waals surface area contributed by atoms with Gasteiger partial charge in [0.05, 0.1) is 12.2 Å². The van der Waals surface area contributed by atoms with E-state index >= 15 is 0 Å². The Labute approximate surface area is 101 Å². The van der Waals surface area contributed by atoms with Crippen molar-refractivity contribution in [2.24, 2.45) is 0 Å². The van der Waals surface area contributed by atoms with Crippen LogP contribution in [0.25, 0.3) is 0 Å². The summed E-state index contributed by atoms with van der Waals surface area (Å²) in [6.45, 7) is 3.20. The van der Waals surface area contributed by atoms with Gasteiger partial charge in [-0.2, -0.15) is 0 Å². The van der Waals surface area contributed by atoms with E-state index in [1.165, 1.54) is 0 Å². The van der Waals surface area contributed by atoms with Gasteiger partial charge in [-0.25, -0.2) is 4.79 Å². The molecule has 0 saturated heterocycles. The third-order valence-corrected chi connectivity index (χ3v) is 2.44. The number of aryl methyl sites for hydroxylation is 1. The summed E-state index contributed by atoms with van der Waals surface area (Å²) >= 11 is 0. The smallest absolute Gasteiger partial charge is 0.335 e. The number of carboxylic acid groups (broad SMARTS) is 1. The summed E-state index contributed by atoms with van der Waals surface area (Å²) in [6.07, 6.45) is 1.83. The van der Waals surface area contributed by atoms with Crippen molar-refractivity contribution in [3.05, 3.63) is 29.3 Å². The molecule has 0 heterocycles. The molecule has 0 bridgehead atoms. The summed E-state index contributed by atoms with van der Waals surface area (Å²) in [4.78, 5) is 10.8. The van der Waals surface area contributed by atoms with Gasteiger partial charge in [-0.3, -0.25) is 0 Å². The van der Waals surface area contributed by atoms with Crippen molar-refractivity contribution in [2.75, 3.05) is 20.3 Å². The van der Waals surface area contributed by atoms with Crippen molar-refractivity contribution in [3.8, 4) is 5.75 Å². The zero-order valence-electron chi connectivity index (χ0n) is 10.2. The summed E-state index contributed by atoms with van der Waals surface area (Å²) < 4.78 is 10.5. The molecule has 1 aromatic carbocycles. The van der Waals surface area contributed by atoms with Crippen LogP contribution < -0.4 is 4.74 Å². The molecular formula is C13H18O4. The van der Waals surface area contributed by atoms with E-state index in [0.717, 1.165) is 25.0 Å². The molecule has 0 aliphatic rings. The Morgan fingerprint density at radius 1 is 1.29 bits per heavy atom. The first-order chi connectivity index (χ1) is 8.15. The highest BCUT2D eigenvalue weighted by Crippen LogP contribution is 2.19. The van der Waals surface area contributed by atoms with E-state index < -0.39 is 5.97 Å². The fourth-order valence-electron chi connectivity index (χ4n) is 1.42. The zero-order chi connectivity index (χ0) is 12.7. The molecule has 0 unspecified atom stereocenters. The lowest BCUT2D eigenvalue weighted by molar-refractivity contribution is 0.0696. The topological polar surface area (TPSA) is 55.8 Å². The van der Waals surface area contributed by atoms with Gasteiger partial charge in [0, 0.05) is 13.7 Å². The number of ether oxygens (including phenoxy) is 2. The molecule has 1 N–H and O–H groups in total. The van der Waals surface area contributed by atoms with Gasteiger partial charge in [0.2, 0.25) is 0 Å². The van der Waals surface area contributed by atoms with E-state index in [-0.39, 0.29) is 5.56 Å². The summed E-state index contributed by atoms with van der Waals surface area (Å²) in [5.74, 6) is -0.295. The molecule has 0 atom stereocenters. The molecule has 1 aromatic rings. The van der Waals surface area contributed by atoms with E-state index in [1.54, 1.807) is 25.3 Å². The lowest BCUT2D eigenvalue weighted by Crippen LogP contribution is -2.03. The maximum Gasteiger partial charge on any atom is 0.335 e. The van der Waals surface area contributed by atoms with Gasteiger partial charge < -0.3 is 14.6 Å². The van der Waals surface area contributed by atoms with Crippen LogP contribution >= 0.6 is 0 Å². The Balaban J connectivity index is 2.51. The molecule has 0 radical (unpaired) electrons. The molecule has 1 rings (SSSR count).